The predicted molar refractivity (Wildman–Crippen MR) is 100 cm³/mol. The van der Waals surface area contributed by atoms with E-state index in [1.54, 1.807) is 18.3 Å². The summed E-state index contributed by atoms with van der Waals surface area (Å²) in [5, 5.41) is 2.83. The van der Waals surface area contributed by atoms with Gasteiger partial charge in [0.05, 0.1) is 18.1 Å². The maximum absolute atomic E-state index is 13.9. The van der Waals surface area contributed by atoms with Crippen LogP contribution in [0.3, 0.4) is 0 Å². The minimum Gasteiger partial charge on any atom is -0.366 e. The monoisotopic (exact) mass is 357 g/mol. The Morgan fingerprint density at radius 2 is 1.85 bits per heavy atom. The predicted octanol–water partition coefficient (Wildman–Crippen LogP) is 2.47. The third-order valence-electron chi connectivity index (χ3n) is 4.48. The van der Waals surface area contributed by atoms with Crippen molar-refractivity contribution in [3.05, 3.63) is 48.2 Å². The van der Waals surface area contributed by atoms with Crippen molar-refractivity contribution < 1.29 is 9.18 Å². The van der Waals surface area contributed by atoms with Gasteiger partial charge in [-0.15, -0.1) is 0 Å². The first-order valence-corrected chi connectivity index (χ1v) is 9.03. The number of hydrogen-bond donors (Lipinski definition) is 1. The van der Waals surface area contributed by atoms with Gasteiger partial charge in [0.1, 0.15) is 17.3 Å². The number of carbonyl (C=O) groups is 1. The van der Waals surface area contributed by atoms with Gasteiger partial charge in [0.15, 0.2) is 0 Å². The second-order valence-electron chi connectivity index (χ2n) is 6.29. The molecule has 26 heavy (non-hydrogen) atoms. The summed E-state index contributed by atoms with van der Waals surface area (Å²) in [6.07, 6.45) is 5.13. The Balaban J connectivity index is 1.56. The van der Waals surface area contributed by atoms with Crippen molar-refractivity contribution in [2.45, 2.75) is 19.8 Å². The van der Waals surface area contributed by atoms with E-state index in [0.29, 0.717) is 31.0 Å². The van der Waals surface area contributed by atoms with Gasteiger partial charge >= 0.3 is 0 Å². The van der Waals surface area contributed by atoms with Gasteiger partial charge in [-0.2, -0.15) is 0 Å². The smallest absolute Gasteiger partial charge is 0.271 e. The fourth-order valence-corrected chi connectivity index (χ4v) is 2.96. The van der Waals surface area contributed by atoms with Crippen molar-refractivity contribution in [2.24, 2.45) is 0 Å². The van der Waals surface area contributed by atoms with E-state index >= 15 is 0 Å². The number of benzene rings is 1. The highest BCUT2D eigenvalue weighted by molar-refractivity contribution is 5.91. The van der Waals surface area contributed by atoms with E-state index < -0.39 is 0 Å². The van der Waals surface area contributed by atoms with Crippen LogP contribution in [0.25, 0.3) is 0 Å². The average molecular weight is 357 g/mol. The van der Waals surface area contributed by atoms with Gasteiger partial charge in [-0.05, 0) is 18.6 Å². The molecule has 1 aromatic carbocycles. The molecule has 1 amide bonds. The van der Waals surface area contributed by atoms with Crippen LogP contribution >= 0.6 is 0 Å². The van der Waals surface area contributed by atoms with Crippen LogP contribution in [0, 0.1) is 5.82 Å². The summed E-state index contributed by atoms with van der Waals surface area (Å²) < 4.78 is 13.9. The van der Waals surface area contributed by atoms with Crippen LogP contribution in [0.2, 0.25) is 0 Å². The number of rotatable bonds is 6. The number of anilines is 2. The third kappa shape index (κ3) is 4.28. The van der Waals surface area contributed by atoms with Crippen molar-refractivity contribution in [2.75, 3.05) is 42.5 Å². The molecule has 2 aromatic rings. The fraction of sp³-hybridized carbons (Fsp3) is 0.421. The first-order chi connectivity index (χ1) is 12.7. The summed E-state index contributed by atoms with van der Waals surface area (Å²) in [6.45, 7) is 5.60. The Morgan fingerprint density at radius 1 is 1.12 bits per heavy atom. The Bertz CT molecular complexity index is 729. The normalized spacial score (nSPS) is 14.4. The van der Waals surface area contributed by atoms with E-state index in [0.717, 1.165) is 31.7 Å². The number of hydrogen-bond acceptors (Lipinski definition) is 5. The van der Waals surface area contributed by atoms with Crippen LogP contribution in [0.15, 0.2) is 36.7 Å². The van der Waals surface area contributed by atoms with Crippen LogP contribution in [0.5, 0.6) is 0 Å². The lowest BCUT2D eigenvalue weighted by atomic mass is 10.2. The average Bonchev–Trinajstić information content (AvgIpc) is 2.69. The highest BCUT2D eigenvalue weighted by atomic mass is 19.1. The van der Waals surface area contributed by atoms with E-state index in [1.165, 1.54) is 12.3 Å². The van der Waals surface area contributed by atoms with E-state index in [9.17, 15) is 9.18 Å². The van der Waals surface area contributed by atoms with Crippen molar-refractivity contribution in [1.82, 2.24) is 15.3 Å². The summed E-state index contributed by atoms with van der Waals surface area (Å²) >= 11 is 0. The molecule has 0 atom stereocenters. The van der Waals surface area contributed by atoms with Crippen LogP contribution in [0.4, 0.5) is 15.9 Å². The van der Waals surface area contributed by atoms with Crippen LogP contribution in [-0.4, -0.2) is 48.6 Å². The molecule has 6 nitrogen and oxygen atoms in total. The Hall–Kier alpha value is -2.70. The number of unbranched alkanes of at least 4 members (excludes halogenated alkanes) is 1. The van der Waals surface area contributed by atoms with Crippen molar-refractivity contribution in [1.29, 1.82) is 0 Å². The second-order valence-corrected chi connectivity index (χ2v) is 6.29. The number of piperazine rings is 1. The molecule has 1 aliphatic heterocycles. The summed E-state index contributed by atoms with van der Waals surface area (Å²) in [6, 6.07) is 6.83. The molecular formula is C19H24FN5O. The Morgan fingerprint density at radius 3 is 2.50 bits per heavy atom. The molecule has 1 fully saturated rings. The number of carbonyl (C=O) groups excluding carboxylic acids is 1. The van der Waals surface area contributed by atoms with Crippen LogP contribution in [-0.2, 0) is 0 Å². The summed E-state index contributed by atoms with van der Waals surface area (Å²) in [4.78, 5) is 24.7. The standard InChI is InChI=1S/C19H24FN5O/c1-2-3-8-21-19(26)16-13-23-18(14-22-16)25-11-9-24(10-12-25)17-7-5-4-6-15(17)20/h4-7,13-14H,2-3,8-12H2,1H3,(H,21,26). The van der Waals surface area contributed by atoms with Crippen LogP contribution < -0.4 is 15.1 Å². The first-order valence-electron chi connectivity index (χ1n) is 9.03. The molecule has 0 bridgehead atoms. The molecule has 138 valence electrons. The van der Waals surface area contributed by atoms with Gasteiger partial charge in [0, 0.05) is 32.7 Å². The van der Waals surface area contributed by atoms with Crippen molar-refractivity contribution in [3.63, 3.8) is 0 Å². The number of para-hydroxylation sites is 1. The van der Waals surface area contributed by atoms with Gasteiger partial charge < -0.3 is 15.1 Å². The quantitative estimate of drug-likeness (QED) is 0.805. The highest BCUT2D eigenvalue weighted by Gasteiger charge is 2.20. The zero-order chi connectivity index (χ0) is 18.4. The molecule has 1 aliphatic rings. The number of halogens is 1. The molecular weight excluding hydrogens is 333 g/mol. The van der Waals surface area contributed by atoms with E-state index in [1.807, 2.05) is 11.0 Å². The van der Waals surface area contributed by atoms with E-state index in [2.05, 4.69) is 27.1 Å². The molecule has 7 heteroatoms. The zero-order valence-electron chi connectivity index (χ0n) is 15.0. The molecule has 1 saturated heterocycles. The van der Waals surface area contributed by atoms with Gasteiger partial charge in [-0.25, -0.2) is 14.4 Å². The third-order valence-corrected chi connectivity index (χ3v) is 4.48. The summed E-state index contributed by atoms with van der Waals surface area (Å²) in [5.74, 6) is 0.351. The maximum Gasteiger partial charge on any atom is 0.271 e. The van der Waals surface area contributed by atoms with Crippen LogP contribution in [0.1, 0.15) is 30.3 Å². The van der Waals surface area contributed by atoms with Crippen molar-refractivity contribution in [3.8, 4) is 0 Å². The number of nitrogens with zero attached hydrogens (tertiary/aromatic N) is 4. The Labute approximate surface area is 153 Å². The van der Waals surface area contributed by atoms with E-state index in [4.69, 9.17) is 0 Å². The van der Waals surface area contributed by atoms with E-state index in [-0.39, 0.29) is 11.7 Å². The number of nitrogens with one attached hydrogen (secondary N) is 1. The lowest BCUT2D eigenvalue weighted by Gasteiger charge is -2.36. The number of aromatic nitrogens is 2. The van der Waals surface area contributed by atoms with Crippen molar-refractivity contribution >= 4 is 17.4 Å². The summed E-state index contributed by atoms with van der Waals surface area (Å²) in [7, 11) is 0. The lowest BCUT2D eigenvalue weighted by molar-refractivity contribution is 0.0948. The molecule has 0 unspecified atom stereocenters. The van der Waals surface area contributed by atoms with Gasteiger partial charge in [-0.3, -0.25) is 4.79 Å². The molecule has 1 aromatic heterocycles. The SMILES string of the molecule is CCCCNC(=O)c1cnc(N2CCN(c3ccccc3F)CC2)cn1. The Kier molecular flexibility index (Phi) is 5.99. The second kappa shape index (κ2) is 8.60. The molecule has 2 heterocycles. The molecule has 0 saturated carbocycles. The number of amides is 1. The zero-order valence-corrected chi connectivity index (χ0v) is 15.0. The van der Waals surface area contributed by atoms with Gasteiger partial charge in [0.25, 0.3) is 5.91 Å². The molecule has 0 spiro atoms. The molecule has 1 N–H and O–H groups in total. The molecule has 0 aliphatic carbocycles. The minimum absolute atomic E-state index is 0.193. The molecule has 3 rings (SSSR count). The molecule has 0 radical (unpaired) electrons. The van der Waals surface area contributed by atoms with Gasteiger partial charge in [0.2, 0.25) is 0 Å². The first kappa shape index (κ1) is 18.1. The topological polar surface area (TPSA) is 61.4 Å². The minimum atomic E-state index is -0.195. The van der Waals surface area contributed by atoms with Gasteiger partial charge in [-0.1, -0.05) is 25.5 Å². The largest absolute Gasteiger partial charge is 0.366 e. The summed E-state index contributed by atoms with van der Waals surface area (Å²) in [5.41, 5.74) is 0.965. The highest BCUT2D eigenvalue weighted by Crippen LogP contribution is 2.21. The fourth-order valence-electron chi connectivity index (χ4n) is 2.96. The maximum atomic E-state index is 13.9. The lowest BCUT2D eigenvalue weighted by Crippen LogP contribution is -2.47.